The summed E-state index contributed by atoms with van der Waals surface area (Å²) in [6.45, 7) is 0.139. The van der Waals surface area contributed by atoms with Crippen molar-refractivity contribution in [2.75, 3.05) is 6.79 Å². The molecule has 2 aromatic rings. The highest BCUT2D eigenvalue weighted by molar-refractivity contribution is 6.09. The third kappa shape index (κ3) is 2.53. The molecule has 2 N–H and O–H groups in total. The van der Waals surface area contributed by atoms with Crippen molar-refractivity contribution in [3.8, 4) is 17.2 Å². The lowest BCUT2D eigenvalue weighted by atomic mass is 10.1. The largest absolute Gasteiger partial charge is 0.507 e. The van der Waals surface area contributed by atoms with Crippen LogP contribution in [0.15, 0.2) is 48.5 Å². The van der Waals surface area contributed by atoms with Crippen molar-refractivity contribution in [1.29, 1.82) is 0 Å². The van der Waals surface area contributed by atoms with Gasteiger partial charge in [0.15, 0.2) is 17.3 Å². The number of rotatable bonds is 3. The Morgan fingerprint density at radius 1 is 1.10 bits per heavy atom. The smallest absolute Gasteiger partial charge is 0.231 e. The van der Waals surface area contributed by atoms with Gasteiger partial charge in [-0.15, -0.1) is 0 Å². The number of aromatic hydroxyl groups is 1. The number of fused-ring (bicyclic) bond motifs is 1. The molecule has 0 bridgehead atoms. The van der Waals surface area contributed by atoms with E-state index < -0.39 is 5.78 Å². The molecule has 0 amide bonds. The van der Waals surface area contributed by atoms with Crippen LogP contribution in [0.25, 0.3) is 5.76 Å². The van der Waals surface area contributed by atoms with Crippen LogP contribution in [0, 0.1) is 0 Å². The first-order chi connectivity index (χ1) is 10.1. The highest BCUT2D eigenvalue weighted by Gasteiger charge is 2.15. The second-order valence-corrected chi connectivity index (χ2v) is 4.48. The number of aliphatic hydroxyl groups excluding tert-OH is 1. The lowest BCUT2D eigenvalue weighted by Gasteiger charge is -2.03. The Bertz CT molecular complexity index is 733. The van der Waals surface area contributed by atoms with Gasteiger partial charge in [-0.1, -0.05) is 12.1 Å². The molecule has 3 rings (SSSR count). The molecule has 0 fully saturated rings. The van der Waals surface area contributed by atoms with Crippen molar-refractivity contribution in [2.45, 2.75) is 0 Å². The second-order valence-electron chi connectivity index (χ2n) is 4.48. The minimum Gasteiger partial charge on any atom is -0.507 e. The molecule has 1 aliphatic rings. The molecule has 2 aromatic carbocycles. The highest BCUT2D eigenvalue weighted by Crippen LogP contribution is 2.34. The maximum absolute atomic E-state index is 12.0. The molecule has 106 valence electrons. The van der Waals surface area contributed by atoms with Crippen LogP contribution < -0.4 is 9.47 Å². The summed E-state index contributed by atoms with van der Waals surface area (Å²) in [5.41, 5.74) is 0.563. The van der Waals surface area contributed by atoms with Crippen LogP contribution >= 0.6 is 0 Å². The number of aliphatic hydroxyl groups is 1. The molecular weight excluding hydrogens is 272 g/mol. The number of carbonyl (C=O) groups is 1. The number of hydrogen-bond donors (Lipinski definition) is 2. The Morgan fingerprint density at radius 2 is 1.86 bits per heavy atom. The zero-order valence-electron chi connectivity index (χ0n) is 10.9. The number of phenols is 1. The second kappa shape index (κ2) is 5.20. The molecule has 0 radical (unpaired) electrons. The van der Waals surface area contributed by atoms with E-state index in [2.05, 4.69) is 0 Å². The van der Waals surface area contributed by atoms with E-state index in [0.29, 0.717) is 17.1 Å². The fourth-order valence-corrected chi connectivity index (χ4v) is 2.02. The van der Waals surface area contributed by atoms with E-state index >= 15 is 0 Å². The summed E-state index contributed by atoms with van der Waals surface area (Å²) in [5, 5.41) is 19.7. The summed E-state index contributed by atoms with van der Waals surface area (Å²) in [5.74, 6) is 0.295. The summed E-state index contributed by atoms with van der Waals surface area (Å²) in [6.07, 6.45) is 1.06. The van der Waals surface area contributed by atoms with Crippen LogP contribution in [0.4, 0.5) is 0 Å². The van der Waals surface area contributed by atoms with E-state index in [1.54, 1.807) is 30.3 Å². The first-order valence-electron chi connectivity index (χ1n) is 6.28. The van der Waals surface area contributed by atoms with Gasteiger partial charge in [0, 0.05) is 11.6 Å². The number of hydrogen-bond acceptors (Lipinski definition) is 5. The van der Waals surface area contributed by atoms with Gasteiger partial charge >= 0.3 is 0 Å². The number of para-hydroxylation sites is 1. The zero-order valence-corrected chi connectivity index (χ0v) is 10.9. The maximum Gasteiger partial charge on any atom is 0.231 e. The van der Waals surface area contributed by atoms with Gasteiger partial charge in [0.25, 0.3) is 0 Å². The van der Waals surface area contributed by atoms with E-state index in [4.69, 9.17) is 9.47 Å². The van der Waals surface area contributed by atoms with Crippen molar-refractivity contribution in [3.05, 3.63) is 59.7 Å². The monoisotopic (exact) mass is 284 g/mol. The normalized spacial score (nSPS) is 13.2. The number of ketones is 1. The summed E-state index contributed by atoms with van der Waals surface area (Å²) < 4.78 is 10.4. The average Bonchev–Trinajstić information content (AvgIpc) is 2.94. The van der Waals surface area contributed by atoms with Crippen LogP contribution in [0.3, 0.4) is 0 Å². The van der Waals surface area contributed by atoms with E-state index in [0.717, 1.165) is 6.08 Å². The molecular formula is C16H12O5. The average molecular weight is 284 g/mol. The summed E-state index contributed by atoms with van der Waals surface area (Å²) in [4.78, 5) is 12.0. The molecule has 1 aliphatic heterocycles. The molecule has 5 nitrogen and oxygen atoms in total. The van der Waals surface area contributed by atoms with Crippen molar-refractivity contribution in [2.24, 2.45) is 0 Å². The Hall–Kier alpha value is -2.95. The topological polar surface area (TPSA) is 76.0 Å². The predicted octanol–water partition coefficient (Wildman–Crippen LogP) is 2.90. The quantitative estimate of drug-likeness (QED) is 0.515. The van der Waals surface area contributed by atoms with Gasteiger partial charge in [-0.05, 0) is 30.3 Å². The molecule has 5 heteroatoms. The third-order valence-corrected chi connectivity index (χ3v) is 3.11. The van der Waals surface area contributed by atoms with E-state index in [1.165, 1.54) is 12.1 Å². The summed E-state index contributed by atoms with van der Waals surface area (Å²) in [7, 11) is 0. The zero-order chi connectivity index (χ0) is 14.8. The number of allylic oxidation sites excluding steroid dienone is 1. The van der Waals surface area contributed by atoms with Gasteiger partial charge in [-0.25, -0.2) is 0 Å². The van der Waals surface area contributed by atoms with Gasteiger partial charge in [-0.2, -0.15) is 0 Å². The Morgan fingerprint density at radius 3 is 2.67 bits per heavy atom. The lowest BCUT2D eigenvalue weighted by Crippen LogP contribution is -1.97. The first-order valence-corrected chi connectivity index (χ1v) is 6.28. The molecule has 0 unspecified atom stereocenters. The Balaban J connectivity index is 1.89. The lowest BCUT2D eigenvalue weighted by molar-refractivity contribution is 0.104. The van der Waals surface area contributed by atoms with Crippen molar-refractivity contribution >= 4 is 11.5 Å². The van der Waals surface area contributed by atoms with Gasteiger partial charge < -0.3 is 19.7 Å². The van der Waals surface area contributed by atoms with E-state index in [1.807, 2.05) is 0 Å². The number of phenolic OH excluding ortho intramolecular Hbond substituents is 1. The number of carbonyl (C=O) groups excluding carboxylic acids is 1. The molecule has 0 aromatic heterocycles. The standard InChI is InChI=1S/C16H12O5/c17-12-4-2-1-3-11(12)14(19)8-13(18)10-5-6-15-16(7-10)21-9-20-15/h1-8,17-18H,9H2/b13-8-. The SMILES string of the molecule is O=C(/C=C(\O)c1ccc2c(c1)OCO2)c1ccccc1O. The first kappa shape index (κ1) is 13.1. The minimum atomic E-state index is -0.483. The van der Waals surface area contributed by atoms with Crippen LogP contribution in [0.5, 0.6) is 17.2 Å². The molecule has 0 saturated carbocycles. The van der Waals surface area contributed by atoms with Crippen molar-refractivity contribution < 1.29 is 24.5 Å². The number of ether oxygens (including phenoxy) is 2. The summed E-state index contributed by atoms with van der Waals surface area (Å²) >= 11 is 0. The summed E-state index contributed by atoms with van der Waals surface area (Å²) in [6, 6.07) is 11.0. The number of benzene rings is 2. The van der Waals surface area contributed by atoms with Gasteiger partial charge in [0.05, 0.1) is 5.56 Å². The minimum absolute atomic E-state index is 0.128. The fraction of sp³-hybridized carbons (Fsp3) is 0.0625. The highest BCUT2D eigenvalue weighted by atomic mass is 16.7. The van der Waals surface area contributed by atoms with Crippen LogP contribution in [-0.4, -0.2) is 22.8 Å². The fourth-order valence-electron chi connectivity index (χ4n) is 2.02. The Kier molecular flexibility index (Phi) is 3.23. The molecule has 0 spiro atoms. The van der Waals surface area contributed by atoms with Crippen molar-refractivity contribution in [3.63, 3.8) is 0 Å². The third-order valence-electron chi connectivity index (χ3n) is 3.11. The van der Waals surface area contributed by atoms with E-state index in [-0.39, 0.29) is 23.9 Å². The molecule has 0 saturated heterocycles. The van der Waals surface area contributed by atoms with Crippen LogP contribution in [0.2, 0.25) is 0 Å². The van der Waals surface area contributed by atoms with Crippen molar-refractivity contribution in [1.82, 2.24) is 0 Å². The molecule has 1 heterocycles. The van der Waals surface area contributed by atoms with E-state index in [9.17, 15) is 15.0 Å². The van der Waals surface area contributed by atoms with Gasteiger partial charge in [-0.3, -0.25) is 4.79 Å². The van der Waals surface area contributed by atoms with Gasteiger partial charge in [0.2, 0.25) is 6.79 Å². The molecule has 0 aliphatic carbocycles. The molecule has 0 atom stereocenters. The Labute approximate surface area is 120 Å². The predicted molar refractivity (Wildman–Crippen MR) is 75.6 cm³/mol. The molecule has 21 heavy (non-hydrogen) atoms. The van der Waals surface area contributed by atoms with Crippen LogP contribution in [0.1, 0.15) is 15.9 Å². The maximum atomic E-state index is 12.0. The van der Waals surface area contributed by atoms with Gasteiger partial charge in [0.1, 0.15) is 11.5 Å². The van der Waals surface area contributed by atoms with Crippen LogP contribution in [-0.2, 0) is 0 Å².